The number of furan rings is 1. The Balaban J connectivity index is 1.62. The number of nitrogens with one attached hydrogen (secondary N) is 2. The number of hydrogen-bond acceptors (Lipinski definition) is 3. The van der Waals surface area contributed by atoms with E-state index >= 15 is 0 Å². The van der Waals surface area contributed by atoms with Crippen LogP contribution in [0, 0.1) is 0 Å². The SMILES string of the molecule is O=C(NCCNC1CCCCCC1)c1coc(Br)c1. The molecule has 1 amide bonds. The Morgan fingerprint density at radius 2 is 2.00 bits per heavy atom. The van der Waals surface area contributed by atoms with E-state index < -0.39 is 0 Å². The zero-order valence-corrected chi connectivity index (χ0v) is 12.7. The maximum absolute atomic E-state index is 11.7. The molecule has 5 heteroatoms. The lowest BCUT2D eigenvalue weighted by Crippen LogP contribution is -2.36. The van der Waals surface area contributed by atoms with Crippen LogP contribution in [0.3, 0.4) is 0 Å². The van der Waals surface area contributed by atoms with Crippen LogP contribution in [0.15, 0.2) is 21.4 Å². The summed E-state index contributed by atoms with van der Waals surface area (Å²) in [6, 6.07) is 2.30. The highest BCUT2D eigenvalue weighted by atomic mass is 79.9. The van der Waals surface area contributed by atoms with Gasteiger partial charge in [0.05, 0.1) is 5.56 Å². The Morgan fingerprint density at radius 1 is 1.26 bits per heavy atom. The summed E-state index contributed by atoms with van der Waals surface area (Å²) < 4.78 is 5.62. The molecular formula is C14H21BrN2O2. The predicted molar refractivity (Wildman–Crippen MR) is 78.2 cm³/mol. The Kier molecular flexibility index (Phi) is 5.92. The molecule has 1 fully saturated rings. The van der Waals surface area contributed by atoms with Gasteiger partial charge in [-0.15, -0.1) is 0 Å². The minimum absolute atomic E-state index is 0.0860. The number of carbonyl (C=O) groups is 1. The van der Waals surface area contributed by atoms with Gasteiger partial charge < -0.3 is 15.1 Å². The molecule has 0 unspecified atom stereocenters. The first-order valence-corrected chi connectivity index (χ1v) is 7.80. The molecule has 1 aliphatic carbocycles. The maximum Gasteiger partial charge on any atom is 0.254 e. The molecule has 0 bridgehead atoms. The van der Waals surface area contributed by atoms with E-state index in [0.717, 1.165) is 6.54 Å². The normalized spacial score (nSPS) is 17.1. The minimum Gasteiger partial charge on any atom is -0.457 e. The van der Waals surface area contributed by atoms with Crippen LogP contribution >= 0.6 is 15.9 Å². The zero-order valence-electron chi connectivity index (χ0n) is 11.1. The summed E-state index contributed by atoms with van der Waals surface area (Å²) >= 11 is 3.18. The number of halogens is 1. The van der Waals surface area contributed by atoms with Crippen molar-refractivity contribution in [1.82, 2.24) is 10.6 Å². The van der Waals surface area contributed by atoms with Gasteiger partial charge in [-0.3, -0.25) is 4.79 Å². The van der Waals surface area contributed by atoms with Gasteiger partial charge in [-0.25, -0.2) is 0 Å². The van der Waals surface area contributed by atoms with Gasteiger partial charge in [-0.2, -0.15) is 0 Å². The van der Waals surface area contributed by atoms with E-state index in [1.165, 1.54) is 44.8 Å². The fourth-order valence-corrected chi connectivity index (χ4v) is 2.81. The van der Waals surface area contributed by atoms with Crippen LogP contribution in [0.2, 0.25) is 0 Å². The van der Waals surface area contributed by atoms with E-state index in [1.54, 1.807) is 6.07 Å². The Morgan fingerprint density at radius 3 is 2.63 bits per heavy atom. The number of hydrogen-bond donors (Lipinski definition) is 2. The molecule has 0 aliphatic heterocycles. The van der Waals surface area contributed by atoms with E-state index in [9.17, 15) is 4.79 Å². The first-order valence-electron chi connectivity index (χ1n) is 7.01. The Hall–Kier alpha value is -0.810. The third-order valence-electron chi connectivity index (χ3n) is 3.53. The highest BCUT2D eigenvalue weighted by Crippen LogP contribution is 2.17. The van der Waals surface area contributed by atoms with Crippen molar-refractivity contribution >= 4 is 21.8 Å². The average molecular weight is 329 g/mol. The molecule has 2 rings (SSSR count). The van der Waals surface area contributed by atoms with Crippen LogP contribution in [0.25, 0.3) is 0 Å². The van der Waals surface area contributed by atoms with E-state index in [0.29, 0.717) is 22.8 Å². The zero-order chi connectivity index (χ0) is 13.5. The lowest BCUT2D eigenvalue weighted by Gasteiger charge is -2.16. The molecule has 0 aromatic carbocycles. The van der Waals surface area contributed by atoms with Crippen molar-refractivity contribution < 1.29 is 9.21 Å². The standard InChI is InChI=1S/C14H21BrN2O2/c15-13-9-11(10-19-13)14(18)17-8-7-16-12-5-3-1-2-4-6-12/h9-10,12,16H,1-8H2,(H,17,18). The monoisotopic (exact) mass is 328 g/mol. The van der Waals surface area contributed by atoms with Crippen molar-refractivity contribution in [2.45, 2.75) is 44.6 Å². The second-order valence-corrected chi connectivity index (χ2v) is 5.82. The van der Waals surface area contributed by atoms with Gasteiger partial charge >= 0.3 is 0 Å². The van der Waals surface area contributed by atoms with Crippen LogP contribution in [0.4, 0.5) is 0 Å². The summed E-state index contributed by atoms with van der Waals surface area (Å²) in [6.07, 6.45) is 9.37. The molecule has 1 aliphatic rings. The van der Waals surface area contributed by atoms with Crippen molar-refractivity contribution in [3.63, 3.8) is 0 Å². The van der Waals surface area contributed by atoms with Gasteiger partial charge in [0.25, 0.3) is 5.91 Å². The third kappa shape index (κ3) is 4.99. The summed E-state index contributed by atoms with van der Waals surface area (Å²) in [5.74, 6) is -0.0860. The molecule has 0 radical (unpaired) electrons. The number of rotatable bonds is 5. The van der Waals surface area contributed by atoms with Gasteiger partial charge in [-0.1, -0.05) is 25.7 Å². The second-order valence-electron chi connectivity index (χ2n) is 5.04. The van der Waals surface area contributed by atoms with Crippen LogP contribution in [-0.4, -0.2) is 25.0 Å². The van der Waals surface area contributed by atoms with Gasteiger partial charge in [0, 0.05) is 25.2 Å². The Labute approximate surface area is 122 Å². The number of amides is 1. The molecule has 19 heavy (non-hydrogen) atoms. The molecule has 2 N–H and O–H groups in total. The van der Waals surface area contributed by atoms with Crippen molar-refractivity contribution in [2.75, 3.05) is 13.1 Å². The highest BCUT2D eigenvalue weighted by molar-refractivity contribution is 9.10. The minimum atomic E-state index is -0.0860. The van der Waals surface area contributed by atoms with Crippen LogP contribution < -0.4 is 10.6 Å². The van der Waals surface area contributed by atoms with Crippen LogP contribution in [0.1, 0.15) is 48.9 Å². The largest absolute Gasteiger partial charge is 0.457 e. The van der Waals surface area contributed by atoms with Crippen molar-refractivity contribution in [3.8, 4) is 0 Å². The summed E-state index contributed by atoms with van der Waals surface area (Å²) in [7, 11) is 0. The van der Waals surface area contributed by atoms with Crippen LogP contribution in [0.5, 0.6) is 0 Å². The summed E-state index contributed by atoms with van der Waals surface area (Å²) in [6.45, 7) is 1.48. The summed E-state index contributed by atoms with van der Waals surface area (Å²) in [5, 5.41) is 6.41. The quantitative estimate of drug-likeness (QED) is 0.645. The molecule has 1 aromatic rings. The molecule has 0 atom stereocenters. The molecule has 0 spiro atoms. The first-order chi connectivity index (χ1) is 9.25. The summed E-state index contributed by atoms with van der Waals surface area (Å²) in [4.78, 5) is 11.7. The van der Waals surface area contributed by atoms with Gasteiger partial charge in [-0.05, 0) is 28.8 Å². The average Bonchev–Trinajstić information content (AvgIpc) is 2.68. The molecular weight excluding hydrogens is 308 g/mol. The lowest BCUT2D eigenvalue weighted by atomic mass is 10.1. The molecule has 1 heterocycles. The van der Waals surface area contributed by atoms with Gasteiger partial charge in [0.15, 0.2) is 4.67 Å². The second kappa shape index (κ2) is 7.70. The van der Waals surface area contributed by atoms with Crippen molar-refractivity contribution in [1.29, 1.82) is 0 Å². The van der Waals surface area contributed by atoms with Crippen molar-refractivity contribution in [3.05, 3.63) is 22.6 Å². The third-order valence-corrected chi connectivity index (χ3v) is 3.94. The van der Waals surface area contributed by atoms with Gasteiger partial charge in [0.2, 0.25) is 0 Å². The smallest absolute Gasteiger partial charge is 0.254 e. The highest BCUT2D eigenvalue weighted by Gasteiger charge is 2.12. The van der Waals surface area contributed by atoms with Crippen LogP contribution in [-0.2, 0) is 0 Å². The molecule has 1 aromatic heterocycles. The van der Waals surface area contributed by atoms with E-state index in [2.05, 4.69) is 26.6 Å². The topological polar surface area (TPSA) is 54.3 Å². The van der Waals surface area contributed by atoms with E-state index in [-0.39, 0.29) is 5.91 Å². The number of carbonyl (C=O) groups excluding carboxylic acids is 1. The lowest BCUT2D eigenvalue weighted by molar-refractivity contribution is 0.0953. The van der Waals surface area contributed by atoms with E-state index in [1.807, 2.05) is 0 Å². The van der Waals surface area contributed by atoms with Crippen molar-refractivity contribution in [2.24, 2.45) is 0 Å². The molecule has 4 nitrogen and oxygen atoms in total. The van der Waals surface area contributed by atoms with Gasteiger partial charge in [0.1, 0.15) is 6.26 Å². The Bertz CT molecular complexity index is 398. The van der Waals surface area contributed by atoms with E-state index in [4.69, 9.17) is 4.42 Å². The molecule has 0 saturated heterocycles. The predicted octanol–water partition coefficient (Wildman–Crippen LogP) is 3.08. The molecule has 1 saturated carbocycles. The first kappa shape index (κ1) is 14.6. The fourth-order valence-electron chi connectivity index (χ4n) is 2.47. The summed E-state index contributed by atoms with van der Waals surface area (Å²) in [5.41, 5.74) is 0.557. The maximum atomic E-state index is 11.7. The fraction of sp³-hybridized carbons (Fsp3) is 0.643. The molecule has 106 valence electrons.